The molecule has 0 aliphatic carbocycles. The van der Waals surface area contributed by atoms with Crippen molar-refractivity contribution in [2.75, 3.05) is 26.2 Å². The van der Waals surface area contributed by atoms with E-state index < -0.39 is 17.6 Å². The molecule has 1 aliphatic heterocycles. The Labute approximate surface area is 146 Å². The van der Waals surface area contributed by atoms with Crippen LogP contribution < -0.4 is 10.0 Å². The largest absolute Gasteiger partial charge is 0.544 e. The second-order valence-corrected chi connectivity index (χ2v) is 7.37. The number of nitrogens with one attached hydrogen (secondary N) is 1. The summed E-state index contributed by atoms with van der Waals surface area (Å²) in [5, 5.41) is 12.2. The molecule has 1 heterocycles. The van der Waals surface area contributed by atoms with E-state index in [1.54, 1.807) is 29.2 Å². The van der Waals surface area contributed by atoms with E-state index in [0.717, 1.165) is 4.90 Å². The van der Waals surface area contributed by atoms with Crippen LogP contribution in [0.5, 0.6) is 0 Å². The summed E-state index contributed by atoms with van der Waals surface area (Å²) in [4.78, 5) is 26.2. The molecule has 1 amide bonds. The van der Waals surface area contributed by atoms with Crippen LogP contribution in [0.3, 0.4) is 0 Å². The Bertz CT molecular complexity index is 590. The van der Waals surface area contributed by atoms with Crippen LogP contribution in [0, 0.1) is 0 Å². The summed E-state index contributed by atoms with van der Waals surface area (Å²) >= 11 is 5.86. The Morgan fingerprint density at radius 1 is 1.21 bits per heavy atom. The lowest BCUT2D eigenvalue weighted by Gasteiger charge is -2.37. The van der Waals surface area contributed by atoms with Crippen molar-refractivity contribution in [3.8, 4) is 0 Å². The Kier molecular flexibility index (Phi) is 5.72. The Morgan fingerprint density at radius 3 is 2.21 bits per heavy atom. The van der Waals surface area contributed by atoms with Crippen molar-refractivity contribution in [3.63, 3.8) is 0 Å². The SMILES string of the molecule is CC(C)(C)OC(=O)N1CC[NH+]([C@@H](C(=O)[O-])c2ccc(Cl)cc2)CC1. The molecule has 1 fully saturated rings. The molecule has 1 atom stereocenters. The van der Waals surface area contributed by atoms with Gasteiger partial charge in [0.1, 0.15) is 11.6 Å². The highest BCUT2D eigenvalue weighted by Gasteiger charge is 2.32. The molecule has 0 radical (unpaired) electrons. The van der Waals surface area contributed by atoms with Crippen LogP contribution >= 0.6 is 11.6 Å². The average Bonchev–Trinajstić information content (AvgIpc) is 2.48. The summed E-state index contributed by atoms with van der Waals surface area (Å²) in [6.07, 6.45) is -0.363. The number of hydrogen-bond acceptors (Lipinski definition) is 4. The maximum atomic E-state index is 12.1. The zero-order chi connectivity index (χ0) is 17.9. The summed E-state index contributed by atoms with van der Waals surface area (Å²) in [5.74, 6) is -1.13. The van der Waals surface area contributed by atoms with Crippen LogP contribution in [0.4, 0.5) is 4.79 Å². The molecule has 0 spiro atoms. The van der Waals surface area contributed by atoms with Gasteiger partial charge in [-0.3, -0.25) is 4.90 Å². The highest BCUT2D eigenvalue weighted by molar-refractivity contribution is 6.30. The van der Waals surface area contributed by atoms with Gasteiger partial charge in [-0.15, -0.1) is 0 Å². The van der Waals surface area contributed by atoms with Gasteiger partial charge < -0.3 is 19.5 Å². The number of rotatable bonds is 3. The van der Waals surface area contributed by atoms with E-state index in [0.29, 0.717) is 36.8 Å². The van der Waals surface area contributed by atoms with Crippen LogP contribution in [0.25, 0.3) is 0 Å². The molecule has 0 saturated carbocycles. The van der Waals surface area contributed by atoms with E-state index in [1.807, 2.05) is 20.8 Å². The number of amides is 1. The van der Waals surface area contributed by atoms with Crippen LogP contribution in [-0.4, -0.2) is 48.7 Å². The lowest BCUT2D eigenvalue weighted by molar-refractivity contribution is -0.928. The van der Waals surface area contributed by atoms with E-state index in [-0.39, 0.29) is 6.09 Å². The predicted molar refractivity (Wildman–Crippen MR) is 87.7 cm³/mol. The first-order valence-corrected chi connectivity index (χ1v) is 8.34. The van der Waals surface area contributed by atoms with Gasteiger partial charge in [0.25, 0.3) is 0 Å². The van der Waals surface area contributed by atoms with Crippen molar-refractivity contribution < 1.29 is 24.3 Å². The highest BCUT2D eigenvalue weighted by atomic mass is 35.5. The highest BCUT2D eigenvalue weighted by Crippen LogP contribution is 2.15. The Morgan fingerprint density at radius 2 is 1.75 bits per heavy atom. The molecule has 1 aromatic rings. The molecule has 132 valence electrons. The van der Waals surface area contributed by atoms with Crippen molar-refractivity contribution in [1.82, 2.24) is 4.90 Å². The number of carbonyl (C=O) groups excluding carboxylic acids is 2. The van der Waals surface area contributed by atoms with Gasteiger partial charge in [0, 0.05) is 10.6 Å². The maximum Gasteiger partial charge on any atom is 0.410 e. The summed E-state index contributed by atoms with van der Waals surface area (Å²) in [5.41, 5.74) is 0.109. The smallest absolute Gasteiger partial charge is 0.410 e. The number of quaternary nitrogens is 1. The molecular formula is C17H23ClN2O4. The van der Waals surface area contributed by atoms with Crippen molar-refractivity contribution in [2.24, 2.45) is 0 Å². The summed E-state index contributed by atoms with van der Waals surface area (Å²) in [6.45, 7) is 7.38. The summed E-state index contributed by atoms with van der Waals surface area (Å²) in [6, 6.07) is 5.97. The Hall–Kier alpha value is -1.79. The first-order valence-electron chi connectivity index (χ1n) is 7.96. The fourth-order valence-electron chi connectivity index (χ4n) is 2.79. The van der Waals surface area contributed by atoms with E-state index in [2.05, 4.69) is 0 Å². The average molecular weight is 355 g/mol. The minimum Gasteiger partial charge on any atom is -0.544 e. The quantitative estimate of drug-likeness (QED) is 0.845. The van der Waals surface area contributed by atoms with Gasteiger partial charge in [-0.1, -0.05) is 23.7 Å². The van der Waals surface area contributed by atoms with Crippen LogP contribution in [0.1, 0.15) is 32.4 Å². The zero-order valence-electron chi connectivity index (χ0n) is 14.2. The molecule has 0 unspecified atom stereocenters. The van der Waals surface area contributed by atoms with Gasteiger partial charge in [0.2, 0.25) is 0 Å². The molecule has 0 bridgehead atoms. The predicted octanol–water partition coefficient (Wildman–Crippen LogP) is 0.267. The van der Waals surface area contributed by atoms with Gasteiger partial charge in [-0.05, 0) is 32.9 Å². The molecule has 24 heavy (non-hydrogen) atoms. The number of ether oxygens (including phenoxy) is 1. The number of carboxylic acid groups (broad SMARTS) is 1. The second-order valence-electron chi connectivity index (χ2n) is 6.93. The van der Waals surface area contributed by atoms with E-state index in [1.165, 1.54) is 0 Å². The number of piperazine rings is 1. The minimum atomic E-state index is -1.13. The fourth-order valence-corrected chi connectivity index (χ4v) is 2.91. The first-order chi connectivity index (χ1) is 11.2. The number of nitrogens with zero attached hydrogens (tertiary/aromatic N) is 1. The number of benzene rings is 1. The number of carboxylic acids is 1. The van der Waals surface area contributed by atoms with Crippen molar-refractivity contribution >= 4 is 23.7 Å². The molecular weight excluding hydrogens is 332 g/mol. The molecule has 2 rings (SSSR count). The molecule has 1 aliphatic rings. The van der Waals surface area contributed by atoms with Crippen LogP contribution in [0.2, 0.25) is 5.02 Å². The zero-order valence-corrected chi connectivity index (χ0v) is 14.9. The lowest BCUT2D eigenvalue weighted by atomic mass is 10.0. The third kappa shape index (κ3) is 4.85. The third-order valence-corrected chi connectivity index (χ3v) is 4.16. The third-order valence-electron chi connectivity index (χ3n) is 3.90. The number of carbonyl (C=O) groups is 2. The topological polar surface area (TPSA) is 74.1 Å². The summed E-state index contributed by atoms with van der Waals surface area (Å²) < 4.78 is 5.35. The normalized spacial score (nSPS) is 17.4. The lowest BCUT2D eigenvalue weighted by Crippen LogP contribution is -3.16. The molecule has 6 nitrogen and oxygen atoms in total. The monoisotopic (exact) mass is 354 g/mol. The number of halogens is 1. The maximum absolute atomic E-state index is 12.1. The molecule has 1 N–H and O–H groups in total. The number of aliphatic carboxylic acids is 1. The van der Waals surface area contributed by atoms with Crippen LogP contribution in [0.15, 0.2) is 24.3 Å². The van der Waals surface area contributed by atoms with Gasteiger partial charge in [0.05, 0.1) is 26.2 Å². The molecule has 1 saturated heterocycles. The first kappa shape index (κ1) is 18.5. The fraction of sp³-hybridized carbons (Fsp3) is 0.529. The van der Waals surface area contributed by atoms with E-state index in [4.69, 9.17) is 16.3 Å². The minimum absolute atomic E-state index is 0.363. The summed E-state index contributed by atoms with van der Waals surface area (Å²) in [7, 11) is 0. The Balaban J connectivity index is 2.02. The van der Waals surface area contributed by atoms with Gasteiger partial charge in [-0.2, -0.15) is 0 Å². The van der Waals surface area contributed by atoms with Crippen molar-refractivity contribution in [2.45, 2.75) is 32.4 Å². The standard InChI is InChI=1S/C17H23ClN2O4/c1-17(2,3)24-16(23)20-10-8-19(9-11-20)14(15(21)22)12-4-6-13(18)7-5-12/h4-7,14H,8-11H2,1-3H3,(H,21,22)/t14-/m1/s1. The van der Waals surface area contributed by atoms with Gasteiger partial charge in [-0.25, -0.2) is 4.79 Å². The van der Waals surface area contributed by atoms with Crippen LogP contribution in [-0.2, 0) is 9.53 Å². The van der Waals surface area contributed by atoms with Gasteiger partial charge in [0.15, 0.2) is 6.04 Å². The number of hydrogen-bond donors (Lipinski definition) is 1. The van der Waals surface area contributed by atoms with E-state index in [9.17, 15) is 14.7 Å². The van der Waals surface area contributed by atoms with Crippen molar-refractivity contribution in [3.05, 3.63) is 34.9 Å². The molecule has 0 aromatic heterocycles. The molecule has 1 aromatic carbocycles. The molecule has 7 heteroatoms. The second kappa shape index (κ2) is 7.40. The van der Waals surface area contributed by atoms with E-state index >= 15 is 0 Å². The van der Waals surface area contributed by atoms with Gasteiger partial charge >= 0.3 is 6.09 Å². The van der Waals surface area contributed by atoms with Crippen molar-refractivity contribution in [1.29, 1.82) is 0 Å².